The van der Waals surface area contributed by atoms with Gasteiger partial charge in [-0.25, -0.2) is 0 Å². The molecule has 0 atom stereocenters. The van der Waals surface area contributed by atoms with E-state index in [1.54, 1.807) is 6.07 Å². The first-order valence-electron chi connectivity index (χ1n) is 32.4. The van der Waals surface area contributed by atoms with Crippen LogP contribution in [0.2, 0.25) is 0 Å². The smallest absolute Gasteiger partial charge is 0.537 e. The molecule has 0 bridgehead atoms. The molecule has 465 valence electrons. The molecular weight excluding hydrogens is 1330 g/mol. The quantitative estimate of drug-likeness (QED) is 0.131. The minimum absolute atomic E-state index is 0.595. The Bertz CT molecular complexity index is 5700. The van der Waals surface area contributed by atoms with Crippen LogP contribution in [0.25, 0.3) is 166 Å². The highest BCUT2D eigenvalue weighted by molar-refractivity contribution is 9.10. The van der Waals surface area contributed by atoms with Crippen molar-refractivity contribution >= 4 is 105 Å². The van der Waals surface area contributed by atoms with E-state index < -0.39 is 0 Å². The van der Waals surface area contributed by atoms with Gasteiger partial charge in [0, 0.05) is 41.3 Å². The molecular formula is C90H58BBr2O5. The standard InChI is InChI=1S/C54H34O2.C18H12BO3.C18H12Br2/c1-3-22-51-47(20-1)49-33-45(24-26-53(49)55-51)43-18-8-16-41(31-43)39-14-6-12-37(29-39)35-10-5-11-36(28-35)38-13-7-15-40(30-38)42-17-9-19-44(32-42)46-25-27-54-50(34-46)48-21-2-4-23-52(48)56-54;20-19-22-14-5-3-4-12(10-14)13-8-9-18-16(11-13)15-6-1-2-7-17(15)21-18;19-17-8-2-6-15(11-17)13-4-1-5-14(10-13)16-7-3-9-18(20)12-16/h1-34H;1-11,20H;1-12H. The summed E-state index contributed by atoms with van der Waals surface area (Å²) in [6, 6.07) is 121. The van der Waals surface area contributed by atoms with Crippen molar-refractivity contribution in [1.29, 1.82) is 0 Å². The maximum atomic E-state index is 8.75. The van der Waals surface area contributed by atoms with Crippen molar-refractivity contribution in [1.82, 2.24) is 0 Å². The topological polar surface area (TPSA) is 68.9 Å². The second-order valence-electron chi connectivity index (χ2n) is 24.2. The lowest BCUT2D eigenvalue weighted by atomic mass is 9.93. The molecule has 0 saturated heterocycles. The molecule has 18 aromatic rings. The molecule has 3 aromatic heterocycles. The number of fused-ring (bicyclic) bond motifs is 9. The fraction of sp³-hybridized carbons (Fsp3) is 0. The number of hydrogen-bond donors (Lipinski definition) is 1. The van der Waals surface area contributed by atoms with Crippen LogP contribution < -0.4 is 4.65 Å². The van der Waals surface area contributed by atoms with E-state index in [2.05, 4.69) is 287 Å². The van der Waals surface area contributed by atoms with E-state index in [0.717, 1.165) is 85.9 Å². The van der Waals surface area contributed by atoms with E-state index in [1.165, 1.54) is 89.0 Å². The molecule has 15 aromatic carbocycles. The number of rotatable bonds is 11. The highest BCUT2D eigenvalue weighted by atomic mass is 79.9. The normalized spacial score (nSPS) is 11.2. The van der Waals surface area contributed by atoms with E-state index in [0.29, 0.717) is 13.4 Å². The zero-order valence-electron chi connectivity index (χ0n) is 52.8. The van der Waals surface area contributed by atoms with Crippen molar-refractivity contribution in [2.75, 3.05) is 0 Å². The van der Waals surface area contributed by atoms with Crippen molar-refractivity contribution in [2.24, 2.45) is 0 Å². The fourth-order valence-corrected chi connectivity index (χ4v) is 13.9. The lowest BCUT2D eigenvalue weighted by Crippen LogP contribution is -1.99. The summed E-state index contributed by atoms with van der Waals surface area (Å²) < 4.78 is 25.2. The van der Waals surface area contributed by atoms with Crippen LogP contribution in [-0.2, 0) is 0 Å². The number of hydrogen-bond acceptors (Lipinski definition) is 5. The van der Waals surface area contributed by atoms with Gasteiger partial charge >= 0.3 is 7.69 Å². The summed E-state index contributed by atoms with van der Waals surface area (Å²) in [6.45, 7) is 0. The minimum atomic E-state index is 0.595. The lowest BCUT2D eigenvalue weighted by molar-refractivity contribution is 0.454. The zero-order chi connectivity index (χ0) is 65.9. The molecule has 1 radical (unpaired) electrons. The van der Waals surface area contributed by atoms with Gasteiger partial charge in [-0.15, -0.1) is 0 Å². The van der Waals surface area contributed by atoms with Gasteiger partial charge in [-0.2, -0.15) is 0 Å². The summed E-state index contributed by atoms with van der Waals surface area (Å²) in [5.41, 5.74) is 26.6. The molecule has 0 aliphatic carbocycles. The van der Waals surface area contributed by atoms with Crippen molar-refractivity contribution in [3.05, 3.63) is 355 Å². The summed E-state index contributed by atoms with van der Waals surface area (Å²) in [5.74, 6) is 0.595. The third-order valence-electron chi connectivity index (χ3n) is 18.0. The Labute approximate surface area is 584 Å². The summed E-state index contributed by atoms with van der Waals surface area (Å²) in [7, 11) is 0.686. The Morgan fingerprint density at radius 2 is 0.429 bits per heavy atom. The van der Waals surface area contributed by atoms with E-state index in [4.69, 9.17) is 22.9 Å². The molecule has 5 nitrogen and oxygen atoms in total. The average Bonchev–Trinajstić information content (AvgIpc) is 1.77. The molecule has 0 aliphatic rings. The van der Waals surface area contributed by atoms with Gasteiger partial charge in [-0.3, -0.25) is 0 Å². The van der Waals surface area contributed by atoms with Gasteiger partial charge < -0.3 is 22.9 Å². The average molecular weight is 1390 g/mol. The van der Waals surface area contributed by atoms with Crippen LogP contribution in [-0.4, -0.2) is 12.7 Å². The van der Waals surface area contributed by atoms with E-state index in [9.17, 15) is 0 Å². The predicted octanol–water partition coefficient (Wildman–Crippen LogP) is 26.2. The summed E-state index contributed by atoms with van der Waals surface area (Å²) in [4.78, 5) is 0. The SMILES string of the molecule is Brc1cccc(-c2cccc(-c3cccc(Br)c3)c2)c1.O[B]Oc1cccc(-c2ccc3oc4ccccc4c3c2)c1.c1cc(-c2cccc(-c3cccc(-c4ccc5oc6ccccc6c5c4)c3)c2)cc(-c2cccc(-c3cccc(-c4ccc5oc6ccccc6c5c4)c3)c2)c1. The molecule has 0 spiro atoms. The first-order valence-corrected chi connectivity index (χ1v) is 34.0. The van der Waals surface area contributed by atoms with Crippen LogP contribution in [0.5, 0.6) is 5.75 Å². The largest absolute Gasteiger partial charge is 0.569 e. The van der Waals surface area contributed by atoms with Crippen LogP contribution in [0, 0.1) is 0 Å². The van der Waals surface area contributed by atoms with Crippen LogP contribution in [0.15, 0.2) is 368 Å². The second-order valence-corrected chi connectivity index (χ2v) is 26.0. The molecule has 0 saturated carbocycles. The summed E-state index contributed by atoms with van der Waals surface area (Å²) in [6.07, 6.45) is 0. The van der Waals surface area contributed by atoms with Crippen molar-refractivity contribution in [3.8, 4) is 106 Å². The zero-order valence-corrected chi connectivity index (χ0v) is 56.0. The molecule has 8 heteroatoms. The fourth-order valence-electron chi connectivity index (χ4n) is 13.1. The lowest BCUT2D eigenvalue weighted by Gasteiger charge is -2.11. The first kappa shape index (κ1) is 61.4. The third-order valence-corrected chi connectivity index (χ3v) is 19.0. The van der Waals surface area contributed by atoms with Crippen molar-refractivity contribution in [3.63, 3.8) is 0 Å². The van der Waals surface area contributed by atoms with Crippen LogP contribution in [0.1, 0.15) is 0 Å². The highest BCUT2D eigenvalue weighted by Crippen LogP contribution is 2.40. The van der Waals surface area contributed by atoms with Gasteiger partial charge in [0.25, 0.3) is 0 Å². The molecule has 18 rings (SSSR count). The highest BCUT2D eigenvalue weighted by Gasteiger charge is 2.15. The second kappa shape index (κ2) is 27.3. The van der Waals surface area contributed by atoms with Crippen LogP contribution >= 0.6 is 31.9 Å². The van der Waals surface area contributed by atoms with Gasteiger partial charge in [-0.1, -0.05) is 250 Å². The molecule has 0 unspecified atom stereocenters. The van der Waals surface area contributed by atoms with E-state index in [-0.39, 0.29) is 0 Å². The Hall–Kier alpha value is -11.5. The maximum absolute atomic E-state index is 8.75. The number of para-hydroxylation sites is 3. The molecule has 3 heterocycles. The Morgan fingerprint density at radius 1 is 0.204 bits per heavy atom. The van der Waals surface area contributed by atoms with Gasteiger partial charge in [0.15, 0.2) is 0 Å². The van der Waals surface area contributed by atoms with E-state index >= 15 is 0 Å². The van der Waals surface area contributed by atoms with E-state index in [1.807, 2.05) is 84.9 Å². The molecule has 0 aliphatic heterocycles. The third kappa shape index (κ3) is 12.9. The predicted molar refractivity (Wildman–Crippen MR) is 414 cm³/mol. The molecule has 0 fully saturated rings. The Morgan fingerprint density at radius 3 is 0.704 bits per heavy atom. The maximum Gasteiger partial charge on any atom is 0.569 e. The molecule has 1 N–H and O–H groups in total. The van der Waals surface area contributed by atoms with Crippen LogP contribution in [0.3, 0.4) is 0 Å². The van der Waals surface area contributed by atoms with Gasteiger partial charge in [-0.05, 0) is 228 Å². The Balaban J connectivity index is 0.000000145. The Kier molecular flexibility index (Phi) is 17.1. The molecule has 0 amide bonds. The van der Waals surface area contributed by atoms with Gasteiger partial charge in [0.2, 0.25) is 0 Å². The number of benzene rings is 15. The number of halogens is 2. The minimum Gasteiger partial charge on any atom is -0.537 e. The van der Waals surface area contributed by atoms with Crippen molar-refractivity contribution in [2.45, 2.75) is 0 Å². The van der Waals surface area contributed by atoms with Crippen LogP contribution in [0.4, 0.5) is 0 Å². The number of furan rings is 3. The first-order chi connectivity index (χ1) is 48.3. The van der Waals surface area contributed by atoms with Gasteiger partial charge in [0.05, 0.1) is 0 Å². The van der Waals surface area contributed by atoms with Gasteiger partial charge in [0.1, 0.15) is 39.2 Å². The molecule has 98 heavy (non-hydrogen) atoms. The van der Waals surface area contributed by atoms with Crippen molar-refractivity contribution < 1.29 is 22.9 Å². The summed E-state index contributed by atoms with van der Waals surface area (Å²) >= 11 is 7.05. The monoisotopic (exact) mass is 1390 g/mol. The summed E-state index contributed by atoms with van der Waals surface area (Å²) in [5, 5.41) is 15.5.